The van der Waals surface area contributed by atoms with Crippen molar-refractivity contribution < 1.29 is 4.79 Å². The van der Waals surface area contributed by atoms with Gasteiger partial charge in [0.15, 0.2) is 0 Å². The van der Waals surface area contributed by atoms with Gasteiger partial charge in [-0.3, -0.25) is 4.90 Å². The molecule has 1 aromatic heterocycles. The van der Waals surface area contributed by atoms with Crippen molar-refractivity contribution in [1.82, 2.24) is 4.90 Å². The first-order valence-corrected chi connectivity index (χ1v) is 12.4. The van der Waals surface area contributed by atoms with E-state index in [2.05, 4.69) is 53.6 Å². The SMILES string of the molecule is CCCN1CCC(c2csc3ccc(N(CCCc4ccccc4)C(N)=O)cc23)CC1. The Hall–Kier alpha value is -2.37. The van der Waals surface area contributed by atoms with Crippen molar-refractivity contribution >= 4 is 33.1 Å². The van der Waals surface area contributed by atoms with Gasteiger partial charge in [0, 0.05) is 16.9 Å². The molecule has 0 atom stereocenters. The van der Waals surface area contributed by atoms with E-state index in [0.717, 1.165) is 18.5 Å². The molecule has 2 aromatic carbocycles. The van der Waals surface area contributed by atoms with Crippen LogP contribution in [0.5, 0.6) is 0 Å². The average Bonchev–Trinajstić information content (AvgIpc) is 3.21. The molecule has 31 heavy (non-hydrogen) atoms. The Balaban J connectivity index is 1.49. The Morgan fingerprint density at radius 3 is 2.65 bits per heavy atom. The molecule has 2 amide bonds. The van der Waals surface area contributed by atoms with Gasteiger partial charge in [0.05, 0.1) is 0 Å². The van der Waals surface area contributed by atoms with E-state index in [1.54, 1.807) is 4.90 Å². The third-order valence-corrected chi connectivity index (χ3v) is 7.40. The van der Waals surface area contributed by atoms with Gasteiger partial charge < -0.3 is 10.6 Å². The molecule has 164 valence electrons. The van der Waals surface area contributed by atoms with Gasteiger partial charge in [0.25, 0.3) is 0 Å². The highest BCUT2D eigenvalue weighted by molar-refractivity contribution is 7.17. The summed E-state index contributed by atoms with van der Waals surface area (Å²) in [6.07, 6.45) is 5.48. The number of aryl methyl sites for hydroxylation is 1. The highest BCUT2D eigenvalue weighted by Crippen LogP contribution is 2.38. The number of hydrogen-bond acceptors (Lipinski definition) is 3. The number of fused-ring (bicyclic) bond motifs is 1. The molecule has 3 aromatic rings. The highest BCUT2D eigenvalue weighted by atomic mass is 32.1. The zero-order chi connectivity index (χ0) is 21.6. The van der Waals surface area contributed by atoms with E-state index in [0.29, 0.717) is 12.5 Å². The minimum absolute atomic E-state index is 0.378. The predicted octanol–water partition coefficient (Wildman–Crippen LogP) is 6.01. The summed E-state index contributed by atoms with van der Waals surface area (Å²) in [5, 5.41) is 3.63. The molecule has 4 nitrogen and oxygen atoms in total. The minimum atomic E-state index is -0.378. The van der Waals surface area contributed by atoms with Crippen LogP contribution in [0.3, 0.4) is 0 Å². The minimum Gasteiger partial charge on any atom is -0.351 e. The summed E-state index contributed by atoms with van der Waals surface area (Å²) in [7, 11) is 0. The molecule has 1 saturated heterocycles. The quantitative estimate of drug-likeness (QED) is 0.471. The molecule has 0 radical (unpaired) electrons. The van der Waals surface area contributed by atoms with E-state index in [9.17, 15) is 4.79 Å². The van der Waals surface area contributed by atoms with Crippen molar-refractivity contribution in [3.8, 4) is 0 Å². The number of amides is 2. The second-order valence-electron chi connectivity index (χ2n) is 8.57. The van der Waals surface area contributed by atoms with Crippen molar-refractivity contribution in [2.75, 3.05) is 31.1 Å². The number of likely N-dealkylation sites (tertiary alicyclic amines) is 1. The van der Waals surface area contributed by atoms with Crippen LogP contribution in [-0.2, 0) is 6.42 Å². The number of hydrogen-bond donors (Lipinski definition) is 1. The number of primary amides is 1. The maximum atomic E-state index is 12.2. The summed E-state index contributed by atoms with van der Waals surface area (Å²) in [4.78, 5) is 16.6. The third-order valence-electron chi connectivity index (χ3n) is 6.42. The summed E-state index contributed by atoms with van der Waals surface area (Å²) >= 11 is 1.81. The molecule has 2 heterocycles. The van der Waals surface area contributed by atoms with Gasteiger partial charge in [-0.1, -0.05) is 37.3 Å². The van der Waals surface area contributed by atoms with E-state index in [1.165, 1.54) is 60.1 Å². The lowest BCUT2D eigenvalue weighted by atomic mass is 9.89. The van der Waals surface area contributed by atoms with Gasteiger partial charge in [0.1, 0.15) is 0 Å². The first-order chi connectivity index (χ1) is 15.2. The molecule has 5 heteroatoms. The van der Waals surface area contributed by atoms with Gasteiger partial charge in [-0.15, -0.1) is 11.3 Å². The van der Waals surface area contributed by atoms with Crippen LogP contribution in [-0.4, -0.2) is 37.1 Å². The van der Waals surface area contributed by atoms with Crippen LogP contribution >= 0.6 is 11.3 Å². The van der Waals surface area contributed by atoms with Gasteiger partial charge in [-0.05, 0) is 97.7 Å². The van der Waals surface area contributed by atoms with E-state index in [4.69, 9.17) is 5.73 Å². The van der Waals surface area contributed by atoms with Crippen LogP contribution in [0.4, 0.5) is 10.5 Å². The number of nitrogens with zero attached hydrogens (tertiary/aromatic N) is 2. The van der Waals surface area contributed by atoms with Gasteiger partial charge in [-0.25, -0.2) is 4.79 Å². The number of nitrogens with two attached hydrogens (primary N) is 1. The second kappa shape index (κ2) is 10.3. The standard InChI is InChI=1S/C26H33N3OS/c1-2-14-28-16-12-21(13-17-28)24-19-31-25-11-10-22(18-23(24)25)29(26(27)30)15-6-9-20-7-4-3-5-8-20/h3-5,7-8,10-11,18-19,21H,2,6,9,12-17H2,1H3,(H2,27,30). The molecule has 4 rings (SSSR count). The average molecular weight is 436 g/mol. The zero-order valence-corrected chi connectivity index (χ0v) is 19.2. The van der Waals surface area contributed by atoms with Crippen LogP contribution in [0.15, 0.2) is 53.9 Å². The van der Waals surface area contributed by atoms with E-state index in [-0.39, 0.29) is 6.03 Å². The maximum Gasteiger partial charge on any atom is 0.319 e. The van der Waals surface area contributed by atoms with E-state index in [1.807, 2.05) is 23.5 Å². The first-order valence-electron chi connectivity index (χ1n) is 11.5. The topological polar surface area (TPSA) is 49.6 Å². The Bertz CT molecular complexity index is 992. The second-order valence-corrected chi connectivity index (χ2v) is 9.48. The number of carbonyl (C=O) groups excluding carboxylic acids is 1. The number of urea groups is 1. The van der Waals surface area contributed by atoms with Crippen LogP contribution in [0, 0.1) is 0 Å². The molecule has 2 N–H and O–H groups in total. The highest BCUT2D eigenvalue weighted by Gasteiger charge is 2.23. The maximum absolute atomic E-state index is 12.2. The number of thiophene rings is 1. The molecule has 0 bridgehead atoms. The molecule has 0 aliphatic carbocycles. The van der Waals surface area contributed by atoms with Crippen LogP contribution in [0.2, 0.25) is 0 Å². The summed E-state index contributed by atoms with van der Waals surface area (Å²) in [6.45, 7) is 6.46. The zero-order valence-electron chi connectivity index (χ0n) is 18.4. The van der Waals surface area contributed by atoms with Crippen molar-refractivity contribution in [2.45, 2.75) is 44.9 Å². The van der Waals surface area contributed by atoms with Gasteiger partial charge in [-0.2, -0.15) is 0 Å². The normalized spacial score (nSPS) is 15.4. The summed E-state index contributed by atoms with van der Waals surface area (Å²) < 4.78 is 1.29. The van der Waals surface area contributed by atoms with Crippen LogP contribution in [0.1, 0.15) is 49.7 Å². The fraction of sp³-hybridized carbons (Fsp3) is 0.423. The predicted molar refractivity (Wildman–Crippen MR) is 132 cm³/mol. The summed E-state index contributed by atoms with van der Waals surface area (Å²) in [5.74, 6) is 0.609. The van der Waals surface area contributed by atoms with Crippen molar-refractivity contribution in [3.63, 3.8) is 0 Å². The van der Waals surface area contributed by atoms with E-state index >= 15 is 0 Å². The number of benzene rings is 2. The number of anilines is 1. The molecular formula is C26H33N3OS. The fourth-order valence-electron chi connectivity index (χ4n) is 4.76. The Kier molecular flexibility index (Phi) is 7.25. The third kappa shape index (κ3) is 5.28. The van der Waals surface area contributed by atoms with Gasteiger partial charge >= 0.3 is 6.03 Å². The molecule has 1 fully saturated rings. The fourth-order valence-corrected chi connectivity index (χ4v) is 5.78. The Morgan fingerprint density at radius 1 is 1.16 bits per heavy atom. The van der Waals surface area contributed by atoms with Crippen LogP contribution < -0.4 is 10.6 Å². The summed E-state index contributed by atoms with van der Waals surface area (Å²) in [6, 6.07) is 16.4. The Labute approximate surface area is 189 Å². The Morgan fingerprint density at radius 2 is 1.94 bits per heavy atom. The number of piperidine rings is 1. The summed E-state index contributed by atoms with van der Waals surface area (Å²) in [5.41, 5.74) is 9.43. The number of rotatable bonds is 8. The molecule has 0 saturated carbocycles. The van der Waals surface area contributed by atoms with E-state index < -0.39 is 0 Å². The lowest BCUT2D eigenvalue weighted by Crippen LogP contribution is -2.36. The number of carbonyl (C=O) groups is 1. The van der Waals surface area contributed by atoms with Crippen molar-refractivity contribution in [1.29, 1.82) is 0 Å². The molecule has 0 spiro atoms. The van der Waals surface area contributed by atoms with Gasteiger partial charge in [0.2, 0.25) is 0 Å². The molecule has 0 unspecified atom stereocenters. The molecule has 1 aliphatic rings. The lowest BCUT2D eigenvalue weighted by Gasteiger charge is -2.31. The largest absolute Gasteiger partial charge is 0.351 e. The molecular weight excluding hydrogens is 402 g/mol. The lowest BCUT2D eigenvalue weighted by molar-refractivity contribution is 0.213. The van der Waals surface area contributed by atoms with Crippen molar-refractivity contribution in [2.24, 2.45) is 5.73 Å². The van der Waals surface area contributed by atoms with Crippen LogP contribution in [0.25, 0.3) is 10.1 Å². The first kappa shape index (κ1) is 21.8. The molecule has 1 aliphatic heterocycles. The smallest absolute Gasteiger partial charge is 0.319 e. The monoisotopic (exact) mass is 435 g/mol. The van der Waals surface area contributed by atoms with Crippen molar-refractivity contribution in [3.05, 3.63) is 65.0 Å².